The molecule has 0 spiro atoms. The highest BCUT2D eigenvalue weighted by Crippen LogP contribution is 2.36. The maximum atomic E-state index is 5.54. The van der Waals surface area contributed by atoms with Gasteiger partial charge in [-0.15, -0.1) is 0 Å². The number of hydrogen-bond donors (Lipinski definition) is 1. The zero-order chi connectivity index (χ0) is 10.6. The van der Waals surface area contributed by atoms with E-state index in [-0.39, 0.29) is 0 Å². The van der Waals surface area contributed by atoms with Gasteiger partial charge >= 0.3 is 0 Å². The maximum absolute atomic E-state index is 5.54. The Morgan fingerprint density at radius 3 is 2.00 bits per heavy atom. The van der Waals surface area contributed by atoms with E-state index in [1.165, 1.54) is 0 Å². The second-order valence-electron chi connectivity index (χ2n) is 2.81. The SMILES string of the molecule is COc1cccc(OC)c1OC(C)N. The van der Waals surface area contributed by atoms with Gasteiger partial charge in [0.1, 0.15) is 6.23 Å². The van der Waals surface area contributed by atoms with Crippen molar-refractivity contribution in [2.45, 2.75) is 13.2 Å². The van der Waals surface area contributed by atoms with Gasteiger partial charge < -0.3 is 14.2 Å². The van der Waals surface area contributed by atoms with Gasteiger partial charge in [-0.1, -0.05) is 6.07 Å². The quantitative estimate of drug-likeness (QED) is 0.741. The van der Waals surface area contributed by atoms with Crippen LogP contribution in [0.5, 0.6) is 17.2 Å². The van der Waals surface area contributed by atoms with Gasteiger partial charge in [-0.05, 0) is 19.1 Å². The van der Waals surface area contributed by atoms with E-state index < -0.39 is 6.23 Å². The number of rotatable bonds is 4. The van der Waals surface area contributed by atoms with Gasteiger partial charge in [0, 0.05) is 0 Å². The summed E-state index contributed by atoms with van der Waals surface area (Å²) in [6.07, 6.45) is -0.403. The summed E-state index contributed by atoms with van der Waals surface area (Å²) >= 11 is 0. The molecule has 0 saturated heterocycles. The normalized spacial score (nSPS) is 12.0. The van der Waals surface area contributed by atoms with E-state index in [1.54, 1.807) is 33.3 Å². The fourth-order valence-electron chi connectivity index (χ4n) is 1.12. The van der Waals surface area contributed by atoms with E-state index >= 15 is 0 Å². The van der Waals surface area contributed by atoms with Crippen LogP contribution >= 0.6 is 0 Å². The number of hydrogen-bond acceptors (Lipinski definition) is 4. The van der Waals surface area contributed by atoms with Crippen LogP contribution in [0, 0.1) is 0 Å². The summed E-state index contributed by atoms with van der Waals surface area (Å²) in [4.78, 5) is 0. The van der Waals surface area contributed by atoms with Gasteiger partial charge in [0.25, 0.3) is 0 Å². The molecule has 4 heteroatoms. The van der Waals surface area contributed by atoms with Crippen molar-refractivity contribution in [3.05, 3.63) is 18.2 Å². The van der Waals surface area contributed by atoms with Crippen LogP contribution in [0.1, 0.15) is 6.92 Å². The van der Waals surface area contributed by atoms with Crippen molar-refractivity contribution in [3.8, 4) is 17.2 Å². The molecule has 4 nitrogen and oxygen atoms in total. The molecule has 1 atom stereocenters. The number of para-hydroxylation sites is 1. The highest BCUT2D eigenvalue weighted by molar-refractivity contribution is 5.51. The molecule has 0 radical (unpaired) electrons. The van der Waals surface area contributed by atoms with E-state index in [2.05, 4.69) is 0 Å². The summed E-state index contributed by atoms with van der Waals surface area (Å²) in [7, 11) is 3.14. The van der Waals surface area contributed by atoms with Crippen LogP contribution in [-0.2, 0) is 0 Å². The third-order valence-electron chi connectivity index (χ3n) is 1.69. The van der Waals surface area contributed by atoms with Gasteiger partial charge in [0.15, 0.2) is 11.5 Å². The first kappa shape index (κ1) is 10.7. The first-order chi connectivity index (χ1) is 6.69. The van der Waals surface area contributed by atoms with Crippen molar-refractivity contribution < 1.29 is 14.2 Å². The number of nitrogens with two attached hydrogens (primary N) is 1. The zero-order valence-corrected chi connectivity index (χ0v) is 8.61. The van der Waals surface area contributed by atoms with E-state index in [0.29, 0.717) is 17.2 Å². The van der Waals surface area contributed by atoms with Gasteiger partial charge in [-0.25, -0.2) is 0 Å². The Morgan fingerprint density at radius 2 is 1.64 bits per heavy atom. The average molecular weight is 197 g/mol. The van der Waals surface area contributed by atoms with Crippen molar-refractivity contribution in [1.29, 1.82) is 0 Å². The van der Waals surface area contributed by atoms with Gasteiger partial charge in [0.2, 0.25) is 5.75 Å². The molecule has 14 heavy (non-hydrogen) atoms. The second-order valence-corrected chi connectivity index (χ2v) is 2.81. The predicted octanol–water partition coefficient (Wildman–Crippen LogP) is 1.39. The maximum Gasteiger partial charge on any atom is 0.205 e. The van der Waals surface area contributed by atoms with Crippen molar-refractivity contribution >= 4 is 0 Å². The lowest BCUT2D eigenvalue weighted by Gasteiger charge is -2.15. The van der Waals surface area contributed by atoms with Crippen molar-refractivity contribution in [2.24, 2.45) is 5.73 Å². The molecule has 1 aromatic rings. The largest absolute Gasteiger partial charge is 0.493 e. The molecule has 78 valence electrons. The second kappa shape index (κ2) is 4.72. The summed E-state index contributed by atoms with van der Waals surface area (Å²) in [5, 5.41) is 0. The molecule has 0 aliphatic carbocycles. The lowest BCUT2D eigenvalue weighted by Crippen LogP contribution is -2.23. The molecular formula is C10H15NO3. The molecule has 1 aromatic carbocycles. The van der Waals surface area contributed by atoms with Crippen LogP contribution in [0.3, 0.4) is 0 Å². The molecule has 0 aliphatic rings. The lowest BCUT2D eigenvalue weighted by atomic mass is 10.3. The van der Waals surface area contributed by atoms with Crippen LogP contribution in [0.25, 0.3) is 0 Å². The van der Waals surface area contributed by atoms with Gasteiger partial charge in [-0.2, -0.15) is 0 Å². The zero-order valence-electron chi connectivity index (χ0n) is 8.61. The topological polar surface area (TPSA) is 53.7 Å². The molecule has 0 aliphatic heterocycles. The molecule has 2 N–H and O–H groups in total. The molecule has 1 unspecified atom stereocenters. The third kappa shape index (κ3) is 2.29. The van der Waals surface area contributed by atoms with Crippen LogP contribution in [-0.4, -0.2) is 20.4 Å². The van der Waals surface area contributed by atoms with E-state index in [1.807, 2.05) is 6.07 Å². The Balaban J connectivity index is 3.05. The number of ether oxygens (including phenoxy) is 3. The summed E-state index contributed by atoms with van der Waals surface area (Å²) in [6, 6.07) is 5.41. The third-order valence-corrected chi connectivity index (χ3v) is 1.69. The number of benzene rings is 1. The lowest BCUT2D eigenvalue weighted by molar-refractivity contribution is 0.208. The van der Waals surface area contributed by atoms with Crippen LogP contribution in [0.2, 0.25) is 0 Å². The van der Waals surface area contributed by atoms with Crippen LogP contribution in [0.4, 0.5) is 0 Å². The molecule has 0 amide bonds. The predicted molar refractivity (Wildman–Crippen MR) is 53.8 cm³/mol. The standard InChI is InChI=1S/C10H15NO3/c1-7(11)14-10-8(12-2)5-4-6-9(10)13-3/h4-7H,11H2,1-3H3. The van der Waals surface area contributed by atoms with Gasteiger partial charge in [0.05, 0.1) is 14.2 Å². The van der Waals surface area contributed by atoms with E-state index in [9.17, 15) is 0 Å². The first-order valence-corrected chi connectivity index (χ1v) is 4.32. The minimum Gasteiger partial charge on any atom is -0.493 e. The van der Waals surface area contributed by atoms with Gasteiger partial charge in [-0.3, -0.25) is 5.73 Å². The molecule has 0 saturated carbocycles. The number of methoxy groups -OCH3 is 2. The highest BCUT2D eigenvalue weighted by atomic mass is 16.5. The molecule has 0 heterocycles. The fraction of sp³-hybridized carbons (Fsp3) is 0.400. The summed E-state index contributed by atoms with van der Waals surface area (Å²) in [5.41, 5.74) is 5.54. The Bertz CT molecular complexity index is 277. The molecule has 0 bridgehead atoms. The van der Waals surface area contributed by atoms with Crippen molar-refractivity contribution in [2.75, 3.05) is 14.2 Å². The van der Waals surface area contributed by atoms with Crippen LogP contribution < -0.4 is 19.9 Å². The molecule has 0 fully saturated rings. The average Bonchev–Trinajstić information content (AvgIpc) is 2.17. The Kier molecular flexibility index (Phi) is 3.59. The molecule has 0 aromatic heterocycles. The minimum absolute atomic E-state index is 0.403. The van der Waals surface area contributed by atoms with E-state index in [4.69, 9.17) is 19.9 Å². The fourth-order valence-corrected chi connectivity index (χ4v) is 1.12. The highest BCUT2D eigenvalue weighted by Gasteiger charge is 2.12. The Labute approximate surface area is 83.6 Å². The van der Waals surface area contributed by atoms with Crippen molar-refractivity contribution in [3.63, 3.8) is 0 Å². The van der Waals surface area contributed by atoms with E-state index in [0.717, 1.165) is 0 Å². The summed E-state index contributed by atoms with van der Waals surface area (Å²) in [5.74, 6) is 1.76. The Morgan fingerprint density at radius 1 is 1.14 bits per heavy atom. The summed E-state index contributed by atoms with van der Waals surface area (Å²) in [6.45, 7) is 1.74. The first-order valence-electron chi connectivity index (χ1n) is 4.32. The van der Waals surface area contributed by atoms with Crippen molar-refractivity contribution in [1.82, 2.24) is 0 Å². The Hall–Kier alpha value is -1.42. The smallest absolute Gasteiger partial charge is 0.205 e. The summed E-state index contributed by atoms with van der Waals surface area (Å²) < 4.78 is 15.6. The molecular weight excluding hydrogens is 182 g/mol. The molecule has 1 rings (SSSR count). The minimum atomic E-state index is -0.403. The monoisotopic (exact) mass is 197 g/mol. The van der Waals surface area contributed by atoms with Crippen LogP contribution in [0.15, 0.2) is 18.2 Å².